The van der Waals surface area contributed by atoms with E-state index in [4.69, 9.17) is 4.98 Å². The maximum atomic E-state index is 13.0. The Morgan fingerprint density at radius 3 is 2.82 bits per heavy atom. The molecule has 144 valence electrons. The van der Waals surface area contributed by atoms with Crippen LogP contribution >= 0.6 is 23.1 Å². The third-order valence-corrected chi connectivity index (χ3v) is 6.45. The molecule has 1 aromatic carbocycles. The van der Waals surface area contributed by atoms with Gasteiger partial charge in [-0.05, 0) is 31.7 Å². The number of anilines is 1. The molecule has 0 aliphatic heterocycles. The molecule has 0 spiro atoms. The van der Waals surface area contributed by atoms with Crippen molar-refractivity contribution in [2.75, 3.05) is 5.32 Å². The Kier molecular flexibility index (Phi) is 5.59. The van der Waals surface area contributed by atoms with E-state index in [9.17, 15) is 9.59 Å². The first-order valence-corrected chi connectivity index (χ1v) is 11.0. The van der Waals surface area contributed by atoms with E-state index in [1.807, 2.05) is 42.6 Å². The molecule has 1 aliphatic carbocycles. The van der Waals surface area contributed by atoms with Crippen LogP contribution in [0.5, 0.6) is 0 Å². The summed E-state index contributed by atoms with van der Waals surface area (Å²) in [7, 11) is 0. The largest absolute Gasteiger partial charge is 0.300 e. The Labute approximate surface area is 171 Å². The number of aryl methyl sites for hydroxylation is 2. The summed E-state index contributed by atoms with van der Waals surface area (Å²) < 4.78 is 1.51. The number of amides is 1. The number of thiazole rings is 1. The summed E-state index contributed by atoms with van der Waals surface area (Å²) in [6.07, 6.45) is 2.50. The lowest BCUT2D eigenvalue weighted by atomic mass is 10.2. The molecule has 1 aliphatic rings. The number of fused-ring (bicyclic) bond motifs is 1. The molecule has 4 rings (SSSR count). The van der Waals surface area contributed by atoms with Crippen LogP contribution in [0.4, 0.5) is 5.13 Å². The second kappa shape index (κ2) is 8.28. The maximum Gasteiger partial charge on any atom is 0.258 e. The third kappa shape index (κ3) is 4.18. The van der Waals surface area contributed by atoms with Gasteiger partial charge in [-0.1, -0.05) is 42.1 Å². The molecular formula is C20H20N4O2S2. The van der Waals surface area contributed by atoms with Gasteiger partial charge >= 0.3 is 0 Å². The van der Waals surface area contributed by atoms with Gasteiger partial charge in [0.15, 0.2) is 10.3 Å². The molecule has 28 heavy (non-hydrogen) atoms. The molecule has 8 heteroatoms. The smallest absolute Gasteiger partial charge is 0.258 e. The lowest BCUT2D eigenvalue weighted by Crippen LogP contribution is -2.32. The van der Waals surface area contributed by atoms with Crippen LogP contribution in [0.25, 0.3) is 0 Å². The van der Waals surface area contributed by atoms with Gasteiger partial charge in [0.25, 0.3) is 5.56 Å². The molecule has 0 saturated heterocycles. The number of hydrogen-bond acceptors (Lipinski definition) is 6. The summed E-state index contributed by atoms with van der Waals surface area (Å²) >= 11 is 2.86. The van der Waals surface area contributed by atoms with Crippen molar-refractivity contribution < 1.29 is 4.79 Å². The first kappa shape index (κ1) is 18.9. The minimum absolute atomic E-state index is 0.0607. The molecule has 0 fully saturated rings. The van der Waals surface area contributed by atoms with Gasteiger partial charge in [-0.2, -0.15) is 0 Å². The normalized spacial score (nSPS) is 12.8. The van der Waals surface area contributed by atoms with E-state index in [-0.39, 0.29) is 18.0 Å². The van der Waals surface area contributed by atoms with E-state index in [1.54, 1.807) is 0 Å². The van der Waals surface area contributed by atoms with Crippen LogP contribution in [0.1, 0.15) is 28.9 Å². The van der Waals surface area contributed by atoms with Gasteiger partial charge < -0.3 is 5.32 Å². The Bertz CT molecular complexity index is 1060. The molecule has 1 amide bonds. The second-order valence-corrected chi connectivity index (χ2v) is 8.48. The summed E-state index contributed by atoms with van der Waals surface area (Å²) in [4.78, 5) is 34.5. The van der Waals surface area contributed by atoms with Crippen LogP contribution in [0.2, 0.25) is 0 Å². The summed E-state index contributed by atoms with van der Waals surface area (Å²) in [5.74, 6) is 0.428. The zero-order chi connectivity index (χ0) is 19.5. The standard InChI is InChI=1S/C20H20N4O2S2/c1-13-11-27-19(21-13)23-17(25)10-24-18(26)15-8-5-9-16(15)22-20(24)28-12-14-6-3-2-4-7-14/h2-4,6-7,11H,5,8-10,12H2,1H3,(H,21,23,25). The number of benzene rings is 1. The van der Waals surface area contributed by atoms with Gasteiger partial charge in [-0.15, -0.1) is 11.3 Å². The molecule has 1 N–H and O–H groups in total. The van der Waals surface area contributed by atoms with Gasteiger partial charge in [0.2, 0.25) is 5.91 Å². The molecule has 2 heterocycles. The third-order valence-electron chi connectivity index (χ3n) is 4.53. The van der Waals surface area contributed by atoms with Crippen molar-refractivity contribution in [3.8, 4) is 0 Å². The zero-order valence-corrected chi connectivity index (χ0v) is 17.1. The van der Waals surface area contributed by atoms with E-state index < -0.39 is 0 Å². The van der Waals surface area contributed by atoms with Gasteiger partial charge in [0.1, 0.15) is 6.54 Å². The predicted octanol–water partition coefficient (Wildman–Crippen LogP) is 3.43. The first-order valence-electron chi connectivity index (χ1n) is 9.11. The fourth-order valence-electron chi connectivity index (χ4n) is 3.19. The molecular weight excluding hydrogens is 392 g/mol. The quantitative estimate of drug-likeness (QED) is 0.496. The molecule has 2 aromatic heterocycles. The number of aromatic nitrogens is 3. The summed E-state index contributed by atoms with van der Waals surface area (Å²) in [5, 5.41) is 5.80. The number of carbonyl (C=O) groups is 1. The Hall–Kier alpha value is -2.45. The van der Waals surface area contributed by atoms with Crippen LogP contribution in [-0.4, -0.2) is 20.4 Å². The highest BCUT2D eigenvalue weighted by molar-refractivity contribution is 7.98. The number of nitrogens with one attached hydrogen (secondary N) is 1. The van der Waals surface area contributed by atoms with Crippen molar-refractivity contribution in [2.24, 2.45) is 0 Å². The SMILES string of the molecule is Cc1csc(NC(=O)Cn2c(SCc3ccccc3)nc3c(c2=O)CCC3)n1. The average Bonchev–Trinajstić information content (AvgIpc) is 3.32. The molecule has 3 aromatic rings. The minimum Gasteiger partial charge on any atom is -0.300 e. The molecule has 0 saturated carbocycles. The molecule has 0 radical (unpaired) electrons. The van der Waals surface area contributed by atoms with Gasteiger partial charge in [-0.25, -0.2) is 9.97 Å². The first-order chi connectivity index (χ1) is 13.6. The molecule has 0 unspecified atom stereocenters. The molecule has 0 bridgehead atoms. The lowest BCUT2D eigenvalue weighted by molar-refractivity contribution is -0.116. The second-order valence-electron chi connectivity index (χ2n) is 6.68. The van der Waals surface area contributed by atoms with E-state index in [1.165, 1.54) is 27.7 Å². The Morgan fingerprint density at radius 1 is 1.25 bits per heavy atom. The van der Waals surface area contributed by atoms with Crippen molar-refractivity contribution in [2.45, 2.75) is 43.6 Å². The highest BCUT2D eigenvalue weighted by atomic mass is 32.2. The number of thioether (sulfide) groups is 1. The molecule has 0 atom stereocenters. The van der Waals surface area contributed by atoms with E-state index in [2.05, 4.69) is 10.3 Å². The van der Waals surface area contributed by atoms with Crippen molar-refractivity contribution in [3.63, 3.8) is 0 Å². The van der Waals surface area contributed by atoms with Gasteiger partial charge in [0.05, 0.1) is 11.4 Å². The highest BCUT2D eigenvalue weighted by Gasteiger charge is 2.22. The van der Waals surface area contributed by atoms with Gasteiger partial charge in [0, 0.05) is 16.7 Å². The predicted molar refractivity (Wildman–Crippen MR) is 112 cm³/mol. The zero-order valence-electron chi connectivity index (χ0n) is 15.5. The minimum atomic E-state index is -0.266. The summed E-state index contributed by atoms with van der Waals surface area (Å²) in [6, 6.07) is 10.0. The summed E-state index contributed by atoms with van der Waals surface area (Å²) in [5.41, 5.74) is 3.55. The van der Waals surface area contributed by atoms with E-state index in [0.717, 1.165) is 41.8 Å². The fraction of sp³-hybridized carbons (Fsp3) is 0.300. The van der Waals surface area contributed by atoms with Crippen molar-refractivity contribution in [1.82, 2.24) is 14.5 Å². The van der Waals surface area contributed by atoms with Crippen LogP contribution in [0.3, 0.4) is 0 Å². The van der Waals surface area contributed by atoms with E-state index >= 15 is 0 Å². The van der Waals surface area contributed by atoms with Crippen LogP contribution in [-0.2, 0) is 29.9 Å². The topological polar surface area (TPSA) is 76.9 Å². The lowest BCUT2D eigenvalue weighted by Gasteiger charge is -2.13. The summed E-state index contributed by atoms with van der Waals surface area (Å²) in [6.45, 7) is 1.81. The highest BCUT2D eigenvalue weighted by Crippen LogP contribution is 2.24. The van der Waals surface area contributed by atoms with E-state index in [0.29, 0.717) is 16.0 Å². The molecule has 6 nitrogen and oxygen atoms in total. The van der Waals surface area contributed by atoms with Gasteiger partial charge in [-0.3, -0.25) is 14.2 Å². The van der Waals surface area contributed by atoms with Crippen molar-refractivity contribution in [1.29, 1.82) is 0 Å². The maximum absolute atomic E-state index is 13.0. The Balaban J connectivity index is 1.58. The monoisotopic (exact) mass is 412 g/mol. The van der Waals surface area contributed by atoms with Crippen molar-refractivity contribution in [3.05, 3.63) is 68.6 Å². The number of hydrogen-bond donors (Lipinski definition) is 1. The number of nitrogens with zero attached hydrogens (tertiary/aromatic N) is 3. The Morgan fingerprint density at radius 2 is 2.07 bits per heavy atom. The van der Waals surface area contributed by atoms with Crippen LogP contribution < -0.4 is 10.9 Å². The van der Waals surface area contributed by atoms with Crippen LogP contribution in [0.15, 0.2) is 45.7 Å². The number of rotatable bonds is 6. The van der Waals surface area contributed by atoms with Crippen LogP contribution in [0, 0.1) is 6.92 Å². The van der Waals surface area contributed by atoms with Crippen molar-refractivity contribution >= 4 is 34.1 Å². The fourth-order valence-corrected chi connectivity index (χ4v) is 4.86. The number of carbonyl (C=O) groups excluding carboxylic acids is 1. The average molecular weight is 413 g/mol.